The summed E-state index contributed by atoms with van der Waals surface area (Å²) in [7, 11) is 0. The van der Waals surface area contributed by atoms with Crippen LogP contribution >= 0.6 is 0 Å². The molecule has 1 aromatic heterocycles. The highest BCUT2D eigenvalue weighted by Crippen LogP contribution is 2.07. The van der Waals surface area contributed by atoms with Crippen LogP contribution in [0.4, 0.5) is 0 Å². The van der Waals surface area contributed by atoms with E-state index in [0.29, 0.717) is 0 Å². The third kappa shape index (κ3) is 1.72. The molecule has 0 aliphatic carbocycles. The Balaban J connectivity index is 3.29. The van der Waals surface area contributed by atoms with Crippen LogP contribution in [0.2, 0.25) is 0 Å². The van der Waals surface area contributed by atoms with E-state index >= 15 is 0 Å². The van der Waals surface area contributed by atoms with Crippen molar-refractivity contribution in [1.29, 1.82) is 0 Å². The molecule has 0 N–H and O–H groups in total. The summed E-state index contributed by atoms with van der Waals surface area (Å²) in [4.78, 5) is 11.4. The Kier molecular flexibility index (Phi) is 2.04. The summed E-state index contributed by atoms with van der Waals surface area (Å²) < 4.78 is 1.49. The molecule has 1 aromatic rings. The quantitative estimate of drug-likeness (QED) is 0.582. The maximum Gasteiger partial charge on any atom is 0.267 e. The van der Waals surface area contributed by atoms with Gasteiger partial charge in [0.15, 0.2) is 0 Å². The lowest BCUT2D eigenvalue weighted by Gasteiger charge is -2.19. The van der Waals surface area contributed by atoms with Crippen molar-refractivity contribution in [3.63, 3.8) is 0 Å². The summed E-state index contributed by atoms with van der Waals surface area (Å²) in [5.74, 6) is 0. The molecular formula is C9H14N2O. The standard InChI is InChI=1S/C9H14N2O/c1-7-5-8(12)11(10-6-7)9(2,3)4/h5-6H,1-4H3. The van der Waals surface area contributed by atoms with Gasteiger partial charge in [-0.2, -0.15) is 5.10 Å². The lowest BCUT2D eigenvalue weighted by Crippen LogP contribution is -2.35. The van der Waals surface area contributed by atoms with Gasteiger partial charge in [-0.25, -0.2) is 4.68 Å². The number of rotatable bonds is 0. The lowest BCUT2D eigenvalue weighted by atomic mass is 10.1. The Hall–Kier alpha value is -1.12. The molecule has 1 heterocycles. The van der Waals surface area contributed by atoms with Gasteiger partial charge in [0.25, 0.3) is 5.56 Å². The largest absolute Gasteiger partial charge is 0.268 e. The number of aryl methyl sites for hydroxylation is 1. The number of hydrogen-bond acceptors (Lipinski definition) is 2. The van der Waals surface area contributed by atoms with Crippen molar-refractivity contribution in [3.05, 3.63) is 28.2 Å². The van der Waals surface area contributed by atoms with Gasteiger partial charge in [0.2, 0.25) is 0 Å². The fraction of sp³-hybridized carbons (Fsp3) is 0.556. The minimum Gasteiger partial charge on any atom is -0.268 e. The SMILES string of the molecule is Cc1cnn(C(C)(C)C)c(=O)c1. The number of nitrogens with zero attached hydrogens (tertiary/aromatic N) is 2. The first-order valence-electron chi connectivity index (χ1n) is 3.98. The molecule has 0 radical (unpaired) electrons. The molecule has 0 aromatic carbocycles. The van der Waals surface area contributed by atoms with Crippen molar-refractivity contribution >= 4 is 0 Å². The monoisotopic (exact) mass is 166 g/mol. The Bertz CT molecular complexity index is 333. The summed E-state index contributed by atoms with van der Waals surface area (Å²) in [6.07, 6.45) is 1.70. The van der Waals surface area contributed by atoms with Gasteiger partial charge in [-0.15, -0.1) is 0 Å². The second-order valence-electron chi connectivity index (χ2n) is 3.95. The first-order valence-corrected chi connectivity index (χ1v) is 3.98. The Morgan fingerprint density at radius 3 is 2.42 bits per heavy atom. The van der Waals surface area contributed by atoms with E-state index in [-0.39, 0.29) is 11.1 Å². The second-order valence-corrected chi connectivity index (χ2v) is 3.95. The van der Waals surface area contributed by atoms with E-state index in [4.69, 9.17) is 0 Å². The normalized spacial score (nSPS) is 11.7. The van der Waals surface area contributed by atoms with Crippen molar-refractivity contribution in [1.82, 2.24) is 9.78 Å². The van der Waals surface area contributed by atoms with Crippen LogP contribution in [-0.4, -0.2) is 9.78 Å². The van der Waals surface area contributed by atoms with E-state index in [1.807, 2.05) is 27.7 Å². The molecule has 66 valence electrons. The third-order valence-electron chi connectivity index (χ3n) is 1.57. The van der Waals surface area contributed by atoms with Gasteiger partial charge >= 0.3 is 0 Å². The van der Waals surface area contributed by atoms with Crippen molar-refractivity contribution < 1.29 is 0 Å². The number of hydrogen-bond donors (Lipinski definition) is 0. The van der Waals surface area contributed by atoms with Crippen LogP contribution in [0.1, 0.15) is 26.3 Å². The van der Waals surface area contributed by atoms with Gasteiger partial charge in [0.1, 0.15) is 0 Å². The highest BCUT2D eigenvalue weighted by atomic mass is 16.1. The van der Waals surface area contributed by atoms with E-state index < -0.39 is 0 Å². The van der Waals surface area contributed by atoms with Crippen LogP contribution in [0.3, 0.4) is 0 Å². The molecule has 0 spiro atoms. The average Bonchev–Trinajstić information content (AvgIpc) is 1.83. The average molecular weight is 166 g/mol. The zero-order chi connectivity index (χ0) is 9.35. The number of aromatic nitrogens is 2. The van der Waals surface area contributed by atoms with Crippen LogP contribution in [0.25, 0.3) is 0 Å². The first-order chi connectivity index (χ1) is 5.41. The summed E-state index contributed by atoms with van der Waals surface area (Å²) in [6.45, 7) is 7.73. The molecule has 0 aliphatic heterocycles. The molecule has 0 saturated carbocycles. The zero-order valence-corrected chi connectivity index (χ0v) is 7.96. The maximum absolute atomic E-state index is 11.4. The molecule has 0 fully saturated rings. The summed E-state index contributed by atoms with van der Waals surface area (Å²) >= 11 is 0. The highest BCUT2D eigenvalue weighted by Gasteiger charge is 2.14. The highest BCUT2D eigenvalue weighted by molar-refractivity contribution is 5.03. The Morgan fingerprint density at radius 1 is 1.42 bits per heavy atom. The van der Waals surface area contributed by atoms with Crippen LogP contribution in [-0.2, 0) is 5.54 Å². The van der Waals surface area contributed by atoms with E-state index in [1.54, 1.807) is 12.3 Å². The van der Waals surface area contributed by atoms with Gasteiger partial charge in [0, 0.05) is 6.07 Å². The van der Waals surface area contributed by atoms with Gasteiger partial charge < -0.3 is 0 Å². The molecule has 0 amide bonds. The summed E-state index contributed by atoms with van der Waals surface area (Å²) in [6, 6.07) is 1.60. The van der Waals surface area contributed by atoms with Crippen molar-refractivity contribution in [2.24, 2.45) is 0 Å². The van der Waals surface area contributed by atoms with E-state index in [9.17, 15) is 4.79 Å². The first kappa shape index (κ1) is 8.97. The zero-order valence-electron chi connectivity index (χ0n) is 7.96. The minimum absolute atomic E-state index is 0.0394. The Labute approximate surface area is 72.0 Å². The van der Waals surface area contributed by atoms with Crippen molar-refractivity contribution in [3.8, 4) is 0 Å². The summed E-state index contributed by atoms with van der Waals surface area (Å²) in [5.41, 5.74) is 0.633. The van der Waals surface area contributed by atoms with Gasteiger partial charge in [0.05, 0.1) is 11.7 Å². The fourth-order valence-corrected chi connectivity index (χ4v) is 1.00. The van der Waals surface area contributed by atoms with Crippen LogP contribution in [0.15, 0.2) is 17.1 Å². The van der Waals surface area contributed by atoms with E-state index in [2.05, 4.69) is 5.10 Å². The Morgan fingerprint density at radius 2 is 2.00 bits per heavy atom. The molecule has 0 aliphatic rings. The van der Waals surface area contributed by atoms with Crippen LogP contribution in [0, 0.1) is 6.92 Å². The molecule has 3 nitrogen and oxygen atoms in total. The summed E-state index contributed by atoms with van der Waals surface area (Å²) in [5, 5.41) is 4.05. The second kappa shape index (κ2) is 2.73. The predicted molar refractivity (Wildman–Crippen MR) is 48.2 cm³/mol. The molecule has 12 heavy (non-hydrogen) atoms. The van der Waals surface area contributed by atoms with E-state index in [1.165, 1.54) is 4.68 Å². The van der Waals surface area contributed by atoms with Crippen molar-refractivity contribution in [2.45, 2.75) is 33.2 Å². The van der Waals surface area contributed by atoms with Crippen molar-refractivity contribution in [2.75, 3.05) is 0 Å². The molecule has 1 rings (SSSR count). The van der Waals surface area contributed by atoms with Gasteiger partial charge in [-0.3, -0.25) is 4.79 Å². The van der Waals surface area contributed by atoms with E-state index in [0.717, 1.165) is 5.56 Å². The molecular weight excluding hydrogens is 152 g/mol. The maximum atomic E-state index is 11.4. The predicted octanol–water partition coefficient (Wildman–Crippen LogP) is 1.31. The minimum atomic E-state index is -0.231. The lowest BCUT2D eigenvalue weighted by molar-refractivity contribution is 0.337. The van der Waals surface area contributed by atoms with Crippen LogP contribution < -0.4 is 5.56 Å². The molecule has 0 atom stereocenters. The smallest absolute Gasteiger partial charge is 0.267 e. The topological polar surface area (TPSA) is 34.9 Å². The molecule has 0 unspecified atom stereocenters. The fourth-order valence-electron chi connectivity index (χ4n) is 1.00. The van der Waals surface area contributed by atoms with Gasteiger partial charge in [-0.05, 0) is 33.3 Å². The van der Waals surface area contributed by atoms with Gasteiger partial charge in [-0.1, -0.05) is 0 Å². The molecule has 0 bridgehead atoms. The third-order valence-corrected chi connectivity index (χ3v) is 1.57. The molecule has 0 saturated heterocycles. The molecule has 3 heteroatoms. The van der Waals surface area contributed by atoms with Crippen LogP contribution in [0.5, 0.6) is 0 Å².